The third-order valence-electron chi connectivity index (χ3n) is 2.96. The number of non-ortho nitro benzene ring substituents is 1. The topological polar surface area (TPSA) is 138 Å². The van der Waals surface area contributed by atoms with Gasteiger partial charge < -0.3 is 15.2 Å². The van der Waals surface area contributed by atoms with Crippen molar-refractivity contribution in [1.82, 2.24) is 0 Å². The molecule has 0 aliphatic carbocycles. The first kappa shape index (κ1) is 19.3. The van der Waals surface area contributed by atoms with E-state index in [1.807, 2.05) is 0 Å². The molecule has 1 atom stereocenters. The maximum atomic E-state index is 11.1. The second-order valence-corrected chi connectivity index (χ2v) is 4.31. The first-order valence-corrected chi connectivity index (χ1v) is 5.63. The minimum atomic E-state index is -1.51. The molecule has 1 rings (SSSR count). The summed E-state index contributed by atoms with van der Waals surface area (Å²) in [7, 11) is 0. The Hall–Kier alpha value is -1.71. The summed E-state index contributed by atoms with van der Waals surface area (Å²) in [6, 6.07) is 2.93. The average Bonchev–Trinajstić information content (AvgIpc) is 2.38. The van der Waals surface area contributed by atoms with Gasteiger partial charge >= 0.3 is 29.6 Å². The van der Waals surface area contributed by atoms with E-state index in [1.54, 1.807) is 6.92 Å². The predicted octanol–water partition coefficient (Wildman–Crippen LogP) is -2.16. The standard InChI is InChI=1S/C11H13N3O6.Na/c1-3-11(2,10(15)16)12-8-5-4-7(13(17)18)6-9(8)14(19)20;/h4-6,12H,3H2,1-2H3,(H,15,16);/q;+1/p-1/t11-;/m1./s1. The van der Waals surface area contributed by atoms with Crippen molar-refractivity contribution in [2.75, 3.05) is 5.32 Å². The van der Waals surface area contributed by atoms with E-state index in [4.69, 9.17) is 0 Å². The molecule has 0 saturated carbocycles. The average molecular weight is 305 g/mol. The molecular formula is C11H12N3NaO6. The molecule has 108 valence electrons. The number of hydrogen-bond donors (Lipinski definition) is 1. The van der Waals surface area contributed by atoms with Crippen molar-refractivity contribution in [2.24, 2.45) is 0 Å². The summed E-state index contributed by atoms with van der Waals surface area (Å²) in [6.45, 7) is 2.88. The zero-order valence-electron chi connectivity index (χ0n) is 11.8. The van der Waals surface area contributed by atoms with Crippen LogP contribution in [-0.4, -0.2) is 21.4 Å². The van der Waals surface area contributed by atoms with Gasteiger partial charge in [0.1, 0.15) is 5.69 Å². The zero-order valence-corrected chi connectivity index (χ0v) is 13.8. The minimum Gasteiger partial charge on any atom is -0.548 e. The van der Waals surface area contributed by atoms with Gasteiger partial charge in [-0.1, -0.05) is 6.92 Å². The summed E-state index contributed by atoms with van der Waals surface area (Å²) in [5, 5.41) is 35.1. The smallest absolute Gasteiger partial charge is 0.548 e. The normalized spacial score (nSPS) is 12.7. The second-order valence-electron chi connectivity index (χ2n) is 4.31. The maximum absolute atomic E-state index is 11.1. The number of aliphatic carboxylic acids is 1. The predicted molar refractivity (Wildman–Crippen MR) is 67.1 cm³/mol. The first-order chi connectivity index (χ1) is 9.21. The largest absolute Gasteiger partial charge is 1.00 e. The van der Waals surface area contributed by atoms with Gasteiger partial charge in [-0.2, -0.15) is 0 Å². The Balaban J connectivity index is 0.00000400. The van der Waals surface area contributed by atoms with Crippen molar-refractivity contribution in [2.45, 2.75) is 25.8 Å². The van der Waals surface area contributed by atoms with Gasteiger partial charge in [0, 0.05) is 6.07 Å². The number of nitrogens with zero attached hydrogens (tertiary/aromatic N) is 2. The summed E-state index contributed by atoms with van der Waals surface area (Å²) in [5.41, 5.74) is -2.65. The monoisotopic (exact) mass is 305 g/mol. The fourth-order valence-electron chi connectivity index (χ4n) is 1.47. The van der Waals surface area contributed by atoms with E-state index in [0.717, 1.165) is 18.2 Å². The van der Waals surface area contributed by atoms with Crippen LogP contribution in [0.1, 0.15) is 20.3 Å². The van der Waals surface area contributed by atoms with Crippen LogP contribution in [0.4, 0.5) is 17.1 Å². The van der Waals surface area contributed by atoms with Gasteiger partial charge in [-0.05, 0) is 19.4 Å². The molecule has 0 aliphatic heterocycles. The Labute approximate surface area is 141 Å². The second kappa shape index (κ2) is 7.34. The Morgan fingerprint density at radius 3 is 2.24 bits per heavy atom. The van der Waals surface area contributed by atoms with Gasteiger partial charge in [-0.3, -0.25) is 20.2 Å². The van der Waals surface area contributed by atoms with Gasteiger partial charge in [0.2, 0.25) is 0 Å². The van der Waals surface area contributed by atoms with E-state index >= 15 is 0 Å². The number of rotatable bonds is 6. The van der Waals surface area contributed by atoms with Gasteiger partial charge in [-0.15, -0.1) is 0 Å². The molecule has 0 spiro atoms. The summed E-state index contributed by atoms with van der Waals surface area (Å²) < 4.78 is 0. The van der Waals surface area contributed by atoms with E-state index in [2.05, 4.69) is 5.32 Å². The van der Waals surface area contributed by atoms with Crippen LogP contribution in [0.5, 0.6) is 0 Å². The number of carboxylic acid groups (broad SMARTS) is 1. The molecule has 9 nitrogen and oxygen atoms in total. The van der Waals surface area contributed by atoms with Crippen molar-refractivity contribution in [3.05, 3.63) is 38.4 Å². The fraction of sp³-hybridized carbons (Fsp3) is 0.364. The van der Waals surface area contributed by atoms with Crippen LogP contribution in [0.15, 0.2) is 18.2 Å². The number of benzene rings is 1. The molecule has 0 aliphatic rings. The van der Waals surface area contributed by atoms with Crippen molar-refractivity contribution in [3.8, 4) is 0 Å². The summed E-state index contributed by atoms with van der Waals surface area (Å²) in [5.74, 6) is -1.42. The van der Waals surface area contributed by atoms with Crippen molar-refractivity contribution >= 4 is 23.0 Å². The third-order valence-corrected chi connectivity index (χ3v) is 2.96. The van der Waals surface area contributed by atoms with Crippen LogP contribution >= 0.6 is 0 Å². The summed E-state index contributed by atoms with van der Waals surface area (Å²) in [4.78, 5) is 31.0. The number of carbonyl (C=O) groups is 1. The van der Waals surface area contributed by atoms with Gasteiger partial charge in [-0.25, -0.2) is 0 Å². The molecule has 0 saturated heterocycles. The number of hydrogen-bond acceptors (Lipinski definition) is 7. The van der Waals surface area contributed by atoms with Crippen molar-refractivity contribution in [1.29, 1.82) is 0 Å². The Morgan fingerprint density at radius 2 is 1.86 bits per heavy atom. The number of carboxylic acids is 1. The quantitative estimate of drug-likeness (QED) is 0.358. The molecule has 0 bridgehead atoms. The molecule has 0 fully saturated rings. The molecule has 21 heavy (non-hydrogen) atoms. The van der Waals surface area contributed by atoms with E-state index in [-0.39, 0.29) is 41.7 Å². The van der Waals surface area contributed by atoms with Crippen LogP contribution in [0.3, 0.4) is 0 Å². The van der Waals surface area contributed by atoms with Gasteiger partial charge in [0.05, 0.1) is 27.4 Å². The summed E-state index contributed by atoms with van der Waals surface area (Å²) >= 11 is 0. The summed E-state index contributed by atoms with van der Waals surface area (Å²) in [6.07, 6.45) is 0.115. The molecule has 1 aromatic rings. The molecule has 0 unspecified atom stereocenters. The molecule has 0 heterocycles. The minimum absolute atomic E-state index is 0. The molecule has 0 amide bonds. The van der Waals surface area contributed by atoms with Crippen LogP contribution in [0.2, 0.25) is 0 Å². The molecular weight excluding hydrogens is 293 g/mol. The van der Waals surface area contributed by atoms with Crippen LogP contribution in [-0.2, 0) is 4.79 Å². The Kier molecular flexibility index (Phi) is 6.74. The fourth-order valence-corrected chi connectivity index (χ4v) is 1.47. The number of nitro benzene ring substituents is 2. The number of carbonyl (C=O) groups excluding carboxylic acids is 1. The molecule has 1 aromatic carbocycles. The molecule has 0 radical (unpaired) electrons. The van der Waals surface area contributed by atoms with Crippen LogP contribution in [0, 0.1) is 20.2 Å². The molecule has 0 aromatic heterocycles. The van der Waals surface area contributed by atoms with E-state index < -0.39 is 32.7 Å². The number of nitrogens with one attached hydrogen (secondary N) is 1. The first-order valence-electron chi connectivity index (χ1n) is 5.63. The van der Waals surface area contributed by atoms with Crippen LogP contribution < -0.4 is 40.0 Å². The molecule has 10 heteroatoms. The van der Waals surface area contributed by atoms with Crippen LogP contribution in [0.25, 0.3) is 0 Å². The van der Waals surface area contributed by atoms with E-state index in [0.29, 0.717) is 0 Å². The van der Waals surface area contributed by atoms with Gasteiger partial charge in [0.15, 0.2) is 0 Å². The maximum Gasteiger partial charge on any atom is 1.00 e. The van der Waals surface area contributed by atoms with Crippen molar-refractivity contribution in [3.63, 3.8) is 0 Å². The van der Waals surface area contributed by atoms with Crippen molar-refractivity contribution < 1.29 is 49.3 Å². The Morgan fingerprint density at radius 1 is 1.29 bits per heavy atom. The number of nitro groups is 2. The van der Waals surface area contributed by atoms with E-state index in [1.165, 1.54) is 6.92 Å². The van der Waals surface area contributed by atoms with Gasteiger partial charge in [0.25, 0.3) is 11.4 Å². The Bertz CT molecular complexity index is 579. The third kappa shape index (κ3) is 4.38. The number of anilines is 1. The van der Waals surface area contributed by atoms with E-state index in [9.17, 15) is 30.1 Å². The zero-order chi connectivity index (χ0) is 15.5. The molecule has 1 N–H and O–H groups in total. The SMILES string of the molecule is CC[C@@](C)(Nc1ccc([N+](=O)[O-])cc1[N+](=O)[O-])C(=O)[O-].[Na+].